The molecule has 268 valence electrons. The van der Waals surface area contributed by atoms with E-state index >= 15 is 0 Å². The molecule has 10 atom stereocenters. The molecule has 5 rings (SSSR count). The normalized spacial score (nSPS) is 30.1. The van der Waals surface area contributed by atoms with Crippen molar-refractivity contribution < 1.29 is 96.3 Å². The molecule has 0 amide bonds. The zero-order chi connectivity index (χ0) is 33.4. The third-order valence-electron chi connectivity index (χ3n) is 7.73. The second-order valence-corrected chi connectivity index (χ2v) is 10.7. The van der Waals surface area contributed by atoms with Crippen molar-refractivity contribution >= 4 is 23.4 Å². The van der Waals surface area contributed by atoms with Crippen molar-refractivity contribution in [3.63, 3.8) is 0 Å². The Kier molecular flexibility index (Phi) is 13.1. The highest BCUT2D eigenvalue weighted by atomic mass is 35.5. The molecule has 2 saturated heterocycles. The number of phenols is 2. The Morgan fingerprint density at radius 3 is 1.58 bits per heavy atom. The van der Waals surface area contributed by atoms with E-state index in [0.29, 0.717) is 0 Å². The Labute approximate surface area is 284 Å². The molecule has 0 spiro atoms. The molecule has 10 N–H and O–H groups in total. The van der Waals surface area contributed by atoms with Gasteiger partial charge in [-0.15, -0.1) is 12.4 Å². The van der Waals surface area contributed by atoms with E-state index in [9.17, 15) is 51.1 Å². The van der Waals surface area contributed by atoms with Gasteiger partial charge in [-0.05, 0) is 0 Å². The SMILES string of the molecule is COc1cc(-c2[o+]c3cc(O)cc(O[C@@H]4O[C@H](CO)[C@@H](O)[C@H](O)[C@H]4O)c3cc2O[C@@H]2O[C@H](CO)[C@@H](O)[C@H](O)[C@H]2O)cc(OC)c1O.Cl.[Cl-]. The van der Waals surface area contributed by atoms with Gasteiger partial charge in [0.2, 0.25) is 24.1 Å². The molecule has 2 aromatic carbocycles. The summed E-state index contributed by atoms with van der Waals surface area (Å²) in [4.78, 5) is 0. The summed E-state index contributed by atoms with van der Waals surface area (Å²) in [6.07, 6.45) is -16.5. The van der Waals surface area contributed by atoms with Crippen molar-refractivity contribution in [3.05, 3.63) is 30.3 Å². The highest BCUT2D eigenvalue weighted by Crippen LogP contribution is 2.46. The number of hydrogen-bond acceptors (Lipinski definition) is 16. The van der Waals surface area contributed by atoms with Gasteiger partial charge in [0.05, 0.1) is 39.1 Å². The molecule has 48 heavy (non-hydrogen) atoms. The molecule has 19 heteroatoms. The lowest BCUT2D eigenvalue weighted by Gasteiger charge is -2.39. The Balaban J connectivity index is 0.00000312. The maximum atomic E-state index is 10.7. The number of aromatic hydroxyl groups is 2. The van der Waals surface area contributed by atoms with Crippen LogP contribution in [0.1, 0.15) is 0 Å². The van der Waals surface area contributed by atoms with Crippen LogP contribution in [-0.4, -0.2) is 140 Å². The number of phenolic OH excluding ortho intramolecular Hbond substituents is 2. The number of hydrogen-bond donors (Lipinski definition) is 10. The van der Waals surface area contributed by atoms with Gasteiger partial charge in [0.25, 0.3) is 0 Å². The van der Waals surface area contributed by atoms with Crippen LogP contribution in [0.5, 0.6) is 34.5 Å². The molecule has 2 fully saturated rings. The molecular formula is C29H36Cl2O17. The van der Waals surface area contributed by atoms with Gasteiger partial charge in [-0.25, -0.2) is 4.42 Å². The van der Waals surface area contributed by atoms with E-state index in [1.807, 2.05) is 0 Å². The van der Waals surface area contributed by atoms with Crippen molar-refractivity contribution in [2.24, 2.45) is 0 Å². The van der Waals surface area contributed by atoms with Crippen LogP contribution in [0.25, 0.3) is 22.3 Å². The van der Waals surface area contributed by atoms with Crippen molar-refractivity contribution in [1.29, 1.82) is 0 Å². The summed E-state index contributed by atoms with van der Waals surface area (Å²) in [7, 11) is 2.59. The Bertz CT molecular complexity index is 1520. The fraction of sp³-hybridized carbons (Fsp3) is 0.483. The maximum absolute atomic E-state index is 10.7. The molecular weight excluding hydrogens is 691 g/mol. The van der Waals surface area contributed by atoms with Crippen LogP contribution in [0, 0.1) is 0 Å². The van der Waals surface area contributed by atoms with E-state index in [4.69, 9.17) is 32.8 Å². The second-order valence-electron chi connectivity index (χ2n) is 10.7. The van der Waals surface area contributed by atoms with Gasteiger partial charge in [0.15, 0.2) is 11.5 Å². The molecule has 0 bridgehead atoms. The van der Waals surface area contributed by atoms with E-state index < -0.39 is 74.6 Å². The van der Waals surface area contributed by atoms with Gasteiger partial charge >= 0.3 is 11.3 Å². The van der Waals surface area contributed by atoms with Crippen LogP contribution in [0.15, 0.2) is 34.7 Å². The number of aliphatic hydroxyl groups is 8. The first-order chi connectivity index (χ1) is 21.9. The van der Waals surface area contributed by atoms with E-state index in [1.54, 1.807) is 0 Å². The summed E-state index contributed by atoms with van der Waals surface area (Å²) >= 11 is 0. The van der Waals surface area contributed by atoms with Gasteiger partial charge in [0.1, 0.15) is 65.7 Å². The van der Waals surface area contributed by atoms with Crippen LogP contribution in [0.2, 0.25) is 0 Å². The van der Waals surface area contributed by atoms with Gasteiger partial charge in [-0.2, -0.15) is 0 Å². The molecule has 1 aromatic heterocycles. The monoisotopic (exact) mass is 726 g/mol. The van der Waals surface area contributed by atoms with Crippen LogP contribution < -0.4 is 31.4 Å². The number of fused-ring (bicyclic) bond motifs is 1. The summed E-state index contributed by atoms with van der Waals surface area (Å²) in [5.41, 5.74) is 0.120. The predicted octanol–water partition coefficient (Wildman–Crippen LogP) is -4.41. The van der Waals surface area contributed by atoms with Crippen LogP contribution >= 0.6 is 12.4 Å². The highest BCUT2D eigenvalue weighted by molar-refractivity contribution is 5.89. The minimum Gasteiger partial charge on any atom is -1.00 e. The summed E-state index contributed by atoms with van der Waals surface area (Å²) < 4.78 is 39.3. The number of rotatable bonds is 9. The minimum absolute atomic E-state index is 0. The average molecular weight is 727 g/mol. The fourth-order valence-electron chi connectivity index (χ4n) is 5.16. The summed E-state index contributed by atoms with van der Waals surface area (Å²) in [5.74, 6) is -1.32. The highest BCUT2D eigenvalue weighted by Gasteiger charge is 2.47. The minimum atomic E-state index is -1.82. The number of benzene rings is 2. The fourth-order valence-corrected chi connectivity index (χ4v) is 5.16. The first-order valence-electron chi connectivity index (χ1n) is 14.0. The lowest BCUT2D eigenvalue weighted by atomic mass is 9.99. The van der Waals surface area contributed by atoms with E-state index in [2.05, 4.69) is 0 Å². The lowest BCUT2D eigenvalue weighted by molar-refractivity contribution is -0.277. The summed E-state index contributed by atoms with van der Waals surface area (Å²) in [6, 6.07) is 6.34. The maximum Gasteiger partial charge on any atom is 0.402 e. The Morgan fingerprint density at radius 2 is 1.12 bits per heavy atom. The molecule has 2 aliphatic rings. The molecule has 0 aliphatic carbocycles. The van der Waals surface area contributed by atoms with Gasteiger partial charge in [-0.1, -0.05) is 0 Å². The van der Waals surface area contributed by atoms with Crippen LogP contribution in [-0.2, 0) is 9.47 Å². The standard InChI is InChI=1S/C29H34O17.2ClH/c1-40-15-3-10(4-16(41-2)20(15)33)27-17(44-29-26(39)24(37)22(35)19(9-31)46-29)7-12-13(42-27)5-11(32)6-14(12)43-28-25(38)23(36)21(34)18(8-30)45-28;;/h3-7,18-19,21-26,28-31,34-39H,8-9H2,1-2H3,(H-,32,33);2*1H/t18-,19-,21-,22-,23+,24+,25-,26-,28-,29-;;/m1../s1. The van der Waals surface area contributed by atoms with Crippen molar-refractivity contribution in [2.75, 3.05) is 27.4 Å². The first kappa shape index (κ1) is 39.3. The first-order valence-corrected chi connectivity index (χ1v) is 14.0. The van der Waals surface area contributed by atoms with Crippen molar-refractivity contribution in [1.82, 2.24) is 0 Å². The molecule has 0 unspecified atom stereocenters. The second kappa shape index (κ2) is 16.0. The smallest absolute Gasteiger partial charge is 0.402 e. The van der Waals surface area contributed by atoms with Crippen LogP contribution in [0.3, 0.4) is 0 Å². The zero-order valence-electron chi connectivity index (χ0n) is 25.2. The lowest BCUT2D eigenvalue weighted by Crippen LogP contribution is -3.00. The summed E-state index contributed by atoms with van der Waals surface area (Å²) in [6.45, 7) is -1.45. The Hall–Kier alpha value is -3.17. The van der Waals surface area contributed by atoms with Crippen molar-refractivity contribution in [2.45, 2.75) is 61.4 Å². The predicted molar refractivity (Wildman–Crippen MR) is 159 cm³/mol. The summed E-state index contributed by atoms with van der Waals surface area (Å²) in [5, 5.41) is 102. The third-order valence-corrected chi connectivity index (χ3v) is 7.73. The molecule has 3 aromatic rings. The molecule has 17 nitrogen and oxygen atoms in total. The van der Waals surface area contributed by atoms with Crippen LogP contribution in [0.4, 0.5) is 0 Å². The quantitative estimate of drug-likeness (QED) is 0.0933. The van der Waals surface area contributed by atoms with Gasteiger partial charge < -0.3 is 91.9 Å². The zero-order valence-corrected chi connectivity index (χ0v) is 26.8. The van der Waals surface area contributed by atoms with Crippen molar-refractivity contribution in [3.8, 4) is 45.8 Å². The van der Waals surface area contributed by atoms with Gasteiger partial charge in [0, 0.05) is 24.3 Å². The molecule has 0 saturated carbocycles. The average Bonchev–Trinajstić information content (AvgIpc) is 3.05. The third kappa shape index (κ3) is 7.37. The van der Waals surface area contributed by atoms with E-state index in [0.717, 1.165) is 6.07 Å². The topological polar surface area (TPSA) is 269 Å². The molecule has 0 radical (unpaired) electrons. The number of aliphatic hydroxyl groups excluding tert-OH is 8. The van der Waals surface area contributed by atoms with E-state index in [-0.39, 0.29) is 81.6 Å². The molecule has 2 aliphatic heterocycles. The number of methoxy groups -OCH3 is 2. The van der Waals surface area contributed by atoms with E-state index in [1.165, 1.54) is 38.5 Å². The number of halogens is 2. The number of ether oxygens (including phenoxy) is 6. The molecule has 3 heterocycles. The Morgan fingerprint density at radius 1 is 0.646 bits per heavy atom. The van der Waals surface area contributed by atoms with Gasteiger partial charge in [-0.3, -0.25) is 0 Å². The largest absolute Gasteiger partial charge is 1.00 e.